The summed E-state index contributed by atoms with van der Waals surface area (Å²) in [5, 5.41) is 8.66. The largest absolute Gasteiger partial charge is 0.321 e. The fraction of sp³-hybridized carbons (Fsp3) is 0.111. The molecule has 0 fully saturated rings. The number of nitrogens with two attached hydrogens (primary N) is 1. The molecule has 0 saturated heterocycles. The predicted octanol–water partition coefficient (Wildman–Crippen LogP) is 1.14. The van der Waals surface area contributed by atoms with E-state index in [0.29, 0.717) is 5.69 Å². The minimum Gasteiger partial charge on any atom is -0.321 e. The third-order valence-corrected chi connectivity index (χ3v) is 1.56. The fourth-order valence-corrected chi connectivity index (χ4v) is 0.907. The van der Waals surface area contributed by atoms with Gasteiger partial charge in [-0.1, -0.05) is 12.1 Å². The Hall–Kier alpha value is -1.66. The quantitative estimate of drug-likeness (QED) is 0.658. The van der Waals surface area contributed by atoms with E-state index < -0.39 is 0 Å². The highest BCUT2D eigenvalue weighted by Crippen LogP contribution is 2.13. The van der Waals surface area contributed by atoms with Crippen molar-refractivity contribution in [3.8, 4) is 6.07 Å². The van der Waals surface area contributed by atoms with Gasteiger partial charge in [0.1, 0.15) is 11.8 Å². The molecule has 0 aliphatic carbocycles. The van der Waals surface area contributed by atoms with Gasteiger partial charge in [0.15, 0.2) is 0 Å². The standard InChI is InChI=1S/C9H9N3/c1-2-8(11)7-4-3-5-12-9(7)6-10/h2-5,8H,1,11H2/t8-/m1/s1. The normalized spacial score (nSPS) is 11.7. The lowest BCUT2D eigenvalue weighted by molar-refractivity contribution is 0.896. The van der Waals surface area contributed by atoms with Gasteiger partial charge in [0.2, 0.25) is 0 Å². The number of aromatic nitrogens is 1. The third-order valence-electron chi connectivity index (χ3n) is 1.56. The molecular formula is C9H9N3. The maximum Gasteiger partial charge on any atom is 0.145 e. The molecule has 1 heterocycles. The molecule has 12 heavy (non-hydrogen) atoms. The second kappa shape index (κ2) is 3.65. The van der Waals surface area contributed by atoms with E-state index in [0.717, 1.165) is 5.56 Å². The summed E-state index contributed by atoms with van der Waals surface area (Å²) in [5.74, 6) is 0. The van der Waals surface area contributed by atoms with Gasteiger partial charge >= 0.3 is 0 Å². The first kappa shape index (κ1) is 8.44. The lowest BCUT2D eigenvalue weighted by Gasteiger charge is -2.06. The van der Waals surface area contributed by atoms with Crippen LogP contribution in [0.5, 0.6) is 0 Å². The SMILES string of the molecule is C=C[C@@H](N)c1cccnc1C#N. The highest BCUT2D eigenvalue weighted by atomic mass is 14.7. The van der Waals surface area contributed by atoms with Gasteiger partial charge in [0, 0.05) is 11.8 Å². The highest BCUT2D eigenvalue weighted by Gasteiger charge is 2.06. The van der Waals surface area contributed by atoms with Gasteiger partial charge < -0.3 is 5.73 Å². The summed E-state index contributed by atoms with van der Waals surface area (Å²) in [4.78, 5) is 3.88. The van der Waals surface area contributed by atoms with Crippen LogP contribution in [0.2, 0.25) is 0 Å². The molecule has 0 aromatic carbocycles. The van der Waals surface area contributed by atoms with E-state index in [4.69, 9.17) is 11.0 Å². The number of nitrogens with zero attached hydrogens (tertiary/aromatic N) is 2. The Kier molecular flexibility index (Phi) is 2.57. The molecule has 0 unspecified atom stereocenters. The van der Waals surface area contributed by atoms with Crippen molar-refractivity contribution in [2.75, 3.05) is 0 Å². The Morgan fingerprint density at radius 3 is 3.08 bits per heavy atom. The molecular weight excluding hydrogens is 150 g/mol. The van der Waals surface area contributed by atoms with Crippen LogP contribution < -0.4 is 5.73 Å². The van der Waals surface area contributed by atoms with Gasteiger partial charge in [-0.3, -0.25) is 0 Å². The number of rotatable bonds is 2. The van der Waals surface area contributed by atoms with Crippen LogP contribution in [0.25, 0.3) is 0 Å². The summed E-state index contributed by atoms with van der Waals surface area (Å²) in [7, 11) is 0. The van der Waals surface area contributed by atoms with Gasteiger partial charge in [0.25, 0.3) is 0 Å². The van der Waals surface area contributed by atoms with Crippen LogP contribution >= 0.6 is 0 Å². The second-order valence-electron chi connectivity index (χ2n) is 2.31. The van der Waals surface area contributed by atoms with E-state index in [1.165, 1.54) is 0 Å². The Morgan fingerprint density at radius 2 is 2.50 bits per heavy atom. The average Bonchev–Trinajstić information content (AvgIpc) is 2.16. The van der Waals surface area contributed by atoms with Crippen molar-refractivity contribution in [2.24, 2.45) is 5.73 Å². The van der Waals surface area contributed by atoms with Crippen molar-refractivity contribution in [1.29, 1.82) is 5.26 Å². The van der Waals surface area contributed by atoms with E-state index in [2.05, 4.69) is 11.6 Å². The van der Waals surface area contributed by atoms with Crippen LogP contribution in [0.3, 0.4) is 0 Å². The van der Waals surface area contributed by atoms with Crippen molar-refractivity contribution in [1.82, 2.24) is 4.98 Å². The topological polar surface area (TPSA) is 62.7 Å². The molecule has 1 aromatic heterocycles. The number of nitriles is 1. The van der Waals surface area contributed by atoms with E-state index in [9.17, 15) is 0 Å². The van der Waals surface area contributed by atoms with Crippen LogP contribution in [0.15, 0.2) is 31.0 Å². The smallest absolute Gasteiger partial charge is 0.145 e. The minimum absolute atomic E-state index is 0.312. The summed E-state index contributed by atoms with van der Waals surface area (Å²) in [6.45, 7) is 3.55. The number of pyridine rings is 1. The minimum atomic E-state index is -0.312. The Morgan fingerprint density at radius 1 is 1.75 bits per heavy atom. The molecule has 3 heteroatoms. The van der Waals surface area contributed by atoms with Gasteiger partial charge in [-0.05, 0) is 6.07 Å². The van der Waals surface area contributed by atoms with Gasteiger partial charge in [-0.15, -0.1) is 6.58 Å². The summed E-state index contributed by atoms with van der Waals surface area (Å²) < 4.78 is 0. The van der Waals surface area contributed by atoms with Gasteiger partial charge in [0.05, 0.1) is 6.04 Å². The monoisotopic (exact) mass is 159 g/mol. The summed E-state index contributed by atoms with van der Waals surface area (Å²) in [5.41, 5.74) is 6.74. The van der Waals surface area contributed by atoms with Crippen LogP contribution in [0, 0.1) is 11.3 Å². The third kappa shape index (κ3) is 1.49. The van der Waals surface area contributed by atoms with Crippen LogP contribution in [0.1, 0.15) is 17.3 Å². The molecule has 0 radical (unpaired) electrons. The van der Waals surface area contributed by atoms with Crippen LogP contribution in [-0.2, 0) is 0 Å². The highest BCUT2D eigenvalue weighted by molar-refractivity contribution is 5.34. The molecule has 1 atom stereocenters. The molecule has 1 rings (SSSR count). The van der Waals surface area contributed by atoms with E-state index in [-0.39, 0.29) is 6.04 Å². The van der Waals surface area contributed by atoms with Gasteiger partial charge in [-0.25, -0.2) is 4.98 Å². The molecule has 0 bridgehead atoms. The lowest BCUT2D eigenvalue weighted by atomic mass is 10.1. The predicted molar refractivity (Wildman–Crippen MR) is 46.1 cm³/mol. The molecule has 0 saturated carbocycles. The zero-order chi connectivity index (χ0) is 8.97. The van der Waals surface area contributed by atoms with Gasteiger partial charge in [-0.2, -0.15) is 5.26 Å². The van der Waals surface area contributed by atoms with E-state index in [1.54, 1.807) is 24.4 Å². The molecule has 0 spiro atoms. The van der Waals surface area contributed by atoms with Crippen molar-refractivity contribution in [2.45, 2.75) is 6.04 Å². The summed E-state index contributed by atoms with van der Waals surface area (Å²) >= 11 is 0. The summed E-state index contributed by atoms with van der Waals surface area (Å²) in [6, 6.07) is 5.19. The first-order valence-corrected chi connectivity index (χ1v) is 3.52. The number of hydrogen-bond donors (Lipinski definition) is 1. The first-order chi connectivity index (χ1) is 5.79. The lowest BCUT2D eigenvalue weighted by Crippen LogP contribution is -2.09. The molecule has 60 valence electrons. The summed E-state index contributed by atoms with van der Waals surface area (Å²) in [6.07, 6.45) is 3.15. The van der Waals surface area contributed by atoms with Crippen molar-refractivity contribution >= 4 is 0 Å². The van der Waals surface area contributed by atoms with Crippen LogP contribution in [-0.4, -0.2) is 4.98 Å². The van der Waals surface area contributed by atoms with Crippen LogP contribution in [0.4, 0.5) is 0 Å². The Balaban J connectivity index is 3.15. The fourth-order valence-electron chi connectivity index (χ4n) is 0.907. The Labute approximate surface area is 71.2 Å². The van der Waals surface area contributed by atoms with Crippen molar-refractivity contribution < 1.29 is 0 Å². The van der Waals surface area contributed by atoms with Crippen molar-refractivity contribution in [3.05, 3.63) is 42.2 Å². The Bertz CT molecular complexity index is 325. The molecule has 2 N–H and O–H groups in total. The van der Waals surface area contributed by atoms with E-state index in [1.807, 2.05) is 6.07 Å². The van der Waals surface area contributed by atoms with E-state index >= 15 is 0 Å². The first-order valence-electron chi connectivity index (χ1n) is 3.52. The molecule has 0 amide bonds. The molecule has 0 aliphatic heterocycles. The molecule has 1 aromatic rings. The zero-order valence-electron chi connectivity index (χ0n) is 6.57. The number of hydrogen-bond acceptors (Lipinski definition) is 3. The zero-order valence-corrected chi connectivity index (χ0v) is 6.57. The molecule has 0 aliphatic rings. The maximum absolute atomic E-state index is 8.66. The van der Waals surface area contributed by atoms with Crippen molar-refractivity contribution in [3.63, 3.8) is 0 Å². The molecule has 3 nitrogen and oxygen atoms in total. The average molecular weight is 159 g/mol. The maximum atomic E-state index is 8.66. The second-order valence-corrected chi connectivity index (χ2v) is 2.31.